The van der Waals surface area contributed by atoms with Crippen molar-refractivity contribution in [1.29, 1.82) is 0 Å². The summed E-state index contributed by atoms with van der Waals surface area (Å²) in [4.78, 5) is 32.2. The van der Waals surface area contributed by atoms with Gasteiger partial charge >= 0.3 is 0 Å². The standard InChI is InChI=1S/C24H27N3O3S/c1-30-16-6-15-27-23(29)20-7-2-3-8-21(20)25-24(27)31-17-18-9-11-19(12-10-18)22(28)26-13-4-5-14-26/h2-3,7-12H,4-6,13-17H2,1H3. The Hall–Kier alpha value is -2.64. The molecule has 6 nitrogen and oxygen atoms in total. The van der Waals surface area contributed by atoms with Gasteiger partial charge in [-0.15, -0.1) is 0 Å². The number of nitrogens with zero attached hydrogens (tertiary/aromatic N) is 3. The molecule has 0 unspecified atom stereocenters. The third-order valence-corrected chi connectivity index (χ3v) is 6.57. The van der Waals surface area contributed by atoms with E-state index in [9.17, 15) is 9.59 Å². The maximum Gasteiger partial charge on any atom is 0.262 e. The van der Waals surface area contributed by atoms with E-state index in [0.29, 0.717) is 35.0 Å². The quantitative estimate of drug-likeness (QED) is 0.303. The SMILES string of the molecule is COCCCn1c(SCc2ccc(C(=O)N3CCCC3)cc2)nc2ccccc2c1=O. The van der Waals surface area contributed by atoms with Crippen molar-refractivity contribution in [2.45, 2.75) is 36.7 Å². The molecule has 1 aliphatic rings. The molecule has 0 bridgehead atoms. The highest BCUT2D eigenvalue weighted by Gasteiger charge is 2.19. The van der Waals surface area contributed by atoms with Gasteiger partial charge in [0.15, 0.2) is 5.16 Å². The van der Waals surface area contributed by atoms with Crippen molar-refractivity contribution >= 4 is 28.6 Å². The first-order chi connectivity index (χ1) is 15.2. The molecule has 7 heteroatoms. The number of methoxy groups -OCH3 is 1. The molecule has 0 radical (unpaired) electrons. The normalized spacial score (nSPS) is 13.8. The maximum atomic E-state index is 13.0. The second-order valence-corrected chi connectivity index (χ2v) is 8.64. The van der Waals surface area contributed by atoms with Gasteiger partial charge in [-0.1, -0.05) is 36.0 Å². The highest BCUT2D eigenvalue weighted by molar-refractivity contribution is 7.98. The molecule has 3 aromatic rings. The molecule has 0 N–H and O–H groups in total. The number of para-hydroxylation sites is 1. The van der Waals surface area contributed by atoms with Crippen LogP contribution in [-0.2, 0) is 17.0 Å². The molecule has 1 aliphatic heterocycles. The lowest BCUT2D eigenvalue weighted by molar-refractivity contribution is 0.0793. The van der Waals surface area contributed by atoms with Gasteiger partial charge in [0.1, 0.15) is 0 Å². The summed E-state index contributed by atoms with van der Waals surface area (Å²) in [6.07, 6.45) is 2.92. The highest BCUT2D eigenvalue weighted by atomic mass is 32.2. The van der Waals surface area contributed by atoms with Crippen molar-refractivity contribution in [2.24, 2.45) is 0 Å². The molecule has 4 rings (SSSR count). The third-order valence-electron chi connectivity index (χ3n) is 5.52. The van der Waals surface area contributed by atoms with E-state index >= 15 is 0 Å². The summed E-state index contributed by atoms with van der Waals surface area (Å²) in [6, 6.07) is 15.2. The van der Waals surface area contributed by atoms with Crippen LogP contribution in [0.15, 0.2) is 58.5 Å². The minimum Gasteiger partial charge on any atom is -0.385 e. The summed E-state index contributed by atoms with van der Waals surface area (Å²) in [6.45, 7) is 2.86. The van der Waals surface area contributed by atoms with Crippen molar-refractivity contribution < 1.29 is 9.53 Å². The third kappa shape index (κ3) is 4.99. The van der Waals surface area contributed by atoms with E-state index in [-0.39, 0.29) is 11.5 Å². The Morgan fingerprint density at radius 2 is 1.84 bits per heavy atom. The molecule has 0 saturated carbocycles. The molecule has 0 aliphatic carbocycles. The molecule has 1 saturated heterocycles. The topological polar surface area (TPSA) is 64.4 Å². The Morgan fingerprint density at radius 1 is 1.10 bits per heavy atom. The number of thioether (sulfide) groups is 1. The number of ether oxygens (including phenoxy) is 1. The minimum atomic E-state index is -0.0178. The fourth-order valence-electron chi connectivity index (χ4n) is 3.82. The van der Waals surface area contributed by atoms with E-state index in [1.807, 2.05) is 53.4 Å². The van der Waals surface area contributed by atoms with Gasteiger partial charge in [-0.2, -0.15) is 0 Å². The Balaban J connectivity index is 1.51. The van der Waals surface area contributed by atoms with Gasteiger partial charge in [-0.3, -0.25) is 14.2 Å². The van der Waals surface area contributed by atoms with Crippen LogP contribution in [0.2, 0.25) is 0 Å². The summed E-state index contributed by atoms with van der Waals surface area (Å²) in [5.74, 6) is 0.785. The number of benzene rings is 2. The molecule has 1 aromatic heterocycles. The van der Waals surface area contributed by atoms with E-state index < -0.39 is 0 Å². The molecule has 162 valence electrons. The summed E-state index contributed by atoms with van der Waals surface area (Å²) in [5, 5.41) is 1.34. The van der Waals surface area contributed by atoms with E-state index in [0.717, 1.165) is 43.5 Å². The number of carbonyl (C=O) groups excluding carboxylic acids is 1. The molecule has 2 aromatic carbocycles. The predicted octanol–water partition coefficient (Wildman–Crippen LogP) is 3.96. The monoisotopic (exact) mass is 437 g/mol. The van der Waals surface area contributed by atoms with Crippen LogP contribution in [0.4, 0.5) is 0 Å². The maximum absolute atomic E-state index is 13.0. The zero-order valence-corrected chi connectivity index (χ0v) is 18.6. The average Bonchev–Trinajstić information content (AvgIpc) is 3.34. The Labute approximate surface area is 186 Å². The number of fused-ring (bicyclic) bond motifs is 1. The number of rotatable bonds is 8. The zero-order valence-electron chi connectivity index (χ0n) is 17.8. The van der Waals surface area contributed by atoms with E-state index in [1.165, 1.54) is 0 Å². The van der Waals surface area contributed by atoms with Crippen LogP contribution in [0.5, 0.6) is 0 Å². The fraction of sp³-hybridized carbons (Fsp3) is 0.375. The van der Waals surface area contributed by atoms with Crippen molar-refractivity contribution in [3.05, 3.63) is 70.0 Å². The number of hydrogen-bond donors (Lipinski definition) is 0. The largest absolute Gasteiger partial charge is 0.385 e. The fourth-order valence-corrected chi connectivity index (χ4v) is 4.80. The van der Waals surface area contributed by atoms with Crippen LogP contribution >= 0.6 is 11.8 Å². The van der Waals surface area contributed by atoms with Crippen molar-refractivity contribution in [3.8, 4) is 0 Å². The van der Waals surface area contributed by atoms with Gasteiger partial charge in [0.25, 0.3) is 11.5 Å². The molecular formula is C24H27N3O3S. The lowest BCUT2D eigenvalue weighted by atomic mass is 10.1. The Kier molecular flexibility index (Phi) is 7.04. The smallest absolute Gasteiger partial charge is 0.262 e. The van der Waals surface area contributed by atoms with E-state index in [2.05, 4.69) is 0 Å². The van der Waals surface area contributed by atoms with Gasteiger partial charge in [-0.25, -0.2) is 4.98 Å². The Bertz CT molecular complexity index is 1110. The van der Waals surface area contributed by atoms with E-state index in [1.54, 1.807) is 23.4 Å². The average molecular weight is 438 g/mol. The van der Waals surface area contributed by atoms with Crippen LogP contribution in [-0.4, -0.2) is 47.2 Å². The van der Waals surface area contributed by atoms with Crippen LogP contribution in [0, 0.1) is 0 Å². The van der Waals surface area contributed by atoms with Gasteiger partial charge < -0.3 is 9.64 Å². The van der Waals surface area contributed by atoms with Crippen LogP contribution in [0.1, 0.15) is 35.2 Å². The van der Waals surface area contributed by atoms with Gasteiger partial charge in [0.05, 0.1) is 10.9 Å². The molecule has 1 fully saturated rings. The zero-order chi connectivity index (χ0) is 21.6. The highest BCUT2D eigenvalue weighted by Crippen LogP contribution is 2.23. The molecule has 31 heavy (non-hydrogen) atoms. The van der Waals surface area contributed by atoms with Crippen molar-refractivity contribution in [1.82, 2.24) is 14.5 Å². The lowest BCUT2D eigenvalue weighted by Crippen LogP contribution is -2.27. The number of amides is 1. The van der Waals surface area contributed by atoms with Gasteiger partial charge in [-0.05, 0) is 49.1 Å². The summed E-state index contributed by atoms with van der Waals surface area (Å²) < 4.78 is 6.90. The predicted molar refractivity (Wildman–Crippen MR) is 124 cm³/mol. The molecule has 0 atom stereocenters. The van der Waals surface area contributed by atoms with Gasteiger partial charge in [0.2, 0.25) is 0 Å². The second kappa shape index (κ2) is 10.1. The minimum absolute atomic E-state index is 0.0178. The first-order valence-electron chi connectivity index (χ1n) is 10.7. The van der Waals surface area contributed by atoms with Crippen molar-refractivity contribution in [2.75, 3.05) is 26.8 Å². The lowest BCUT2D eigenvalue weighted by Gasteiger charge is -2.15. The first kappa shape index (κ1) is 21.6. The van der Waals surface area contributed by atoms with Crippen LogP contribution in [0.3, 0.4) is 0 Å². The van der Waals surface area contributed by atoms with Crippen LogP contribution in [0.25, 0.3) is 10.9 Å². The van der Waals surface area contributed by atoms with E-state index in [4.69, 9.17) is 9.72 Å². The number of hydrogen-bond acceptors (Lipinski definition) is 5. The summed E-state index contributed by atoms with van der Waals surface area (Å²) in [7, 11) is 1.66. The second-order valence-electron chi connectivity index (χ2n) is 7.70. The number of likely N-dealkylation sites (tertiary alicyclic amines) is 1. The van der Waals surface area contributed by atoms with Crippen LogP contribution < -0.4 is 5.56 Å². The van der Waals surface area contributed by atoms with Gasteiger partial charge in [0, 0.05) is 44.7 Å². The molecule has 0 spiro atoms. The summed E-state index contributed by atoms with van der Waals surface area (Å²) >= 11 is 1.54. The number of aromatic nitrogens is 2. The van der Waals surface area contributed by atoms with Crippen molar-refractivity contribution in [3.63, 3.8) is 0 Å². The first-order valence-corrected chi connectivity index (χ1v) is 11.7. The summed E-state index contributed by atoms with van der Waals surface area (Å²) in [5.41, 5.74) is 2.52. The Morgan fingerprint density at radius 3 is 2.58 bits per heavy atom. The number of carbonyl (C=O) groups is 1. The molecular weight excluding hydrogens is 410 g/mol. The molecule has 1 amide bonds. The molecule has 2 heterocycles.